The van der Waals surface area contributed by atoms with E-state index in [1.165, 1.54) is 30.5 Å². The number of rotatable bonds is 7. The summed E-state index contributed by atoms with van der Waals surface area (Å²) in [7, 11) is 1.82. The van der Waals surface area contributed by atoms with Crippen LogP contribution in [0.2, 0.25) is 0 Å². The van der Waals surface area contributed by atoms with E-state index in [0.29, 0.717) is 19.0 Å². The van der Waals surface area contributed by atoms with Crippen LogP contribution < -0.4 is 10.6 Å². The molecule has 2 aliphatic heterocycles. The van der Waals surface area contributed by atoms with Crippen LogP contribution >= 0.6 is 0 Å². The number of nitrogens with one attached hydrogen (secondary N) is 2. The molecule has 1 aromatic carbocycles. The fourth-order valence-corrected chi connectivity index (χ4v) is 4.09. The lowest BCUT2D eigenvalue weighted by atomic mass is 10.1. The molecule has 0 saturated carbocycles. The van der Waals surface area contributed by atoms with E-state index in [2.05, 4.69) is 51.7 Å². The normalized spacial score (nSPS) is 21.1. The van der Waals surface area contributed by atoms with E-state index in [1.807, 2.05) is 11.9 Å². The number of likely N-dealkylation sites (tertiary alicyclic amines) is 2. The highest BCUT2D eigenvalue weighted by atomic mass is 16.2. The van der Waals surface area contributed by atoms with Gasteiger partial charge in [0.1, 0.15) is 0 Å². The molecule has 2 saturated heterocycles. The molecule has 6 nitrogen and oxygen atoms in total. The maximum Gasteiger partial charge on any atom is 0.222 e. The molecule has 2 heterocycles. The Hall–Kier alpha value is -2.08. The number of guanidine groups is 1. The van der Waals surface area contributed by atoms with Gasteiger partial charge in [0.2, 0.25) is 5.91 Å². The first-order chi connectivity index (χ1) is 13.2. The lowest BCUT2D eigenvalue weighted by Crippen LogP contribution is -2.44. The zero-order valence-electron chi connectivity index (χ0n) is 16.7. The highest BCUT2D eigenvalue weighted by molar-refractivity contribution is 5.79. The van der Waals surface area contributed by atoms with Crippen molar-refractivity contribution in [3.8, 4) is 0 Å². The van der Waals surface area contributed by atoms with Crippen LogP contribution in [0, 0.1) is 0 Å². The molecule has 1 amide bonds. The Kier molecular flexibility index (Phi) is 7.10. The van der Waals surface area contributed by atoms with Gasteiger partial charge >= 0.3 is 0 Å². The summed E-state index contributed by atoms with van der Waals surface area (Å²) >= 11 is 0. The summed E-state index contributed by atoms with van der Waals surface area (Å²) in [4.78, 5) is 20.7. The van der Waals surface area contributed by atoms with Crippen molar-refractivity contribution in [2.45, 2.75) is 51.7 Å². The minimum absolute atomic E-state index is 0.274. The minimum atomic E-state index is 0.274. The van der Waals surface area contributed by atoms with Gasteiger partial charge in [0, 0.05) is 45.7 Å². The molecule has 3 rings (SSSR count). The van der Waals surface area contributed by atoms with Gasteiger partial charge in [-0.3, -0.25) is 14.7 Å². The molecule has 0 spiro atoms. The molecule has 27 heavy (non-hydrogen) atoms. The van der Waals surface area contributed by atoms with Crippen LogP contribution in [0.1, 0.15) is 43.7 Å². The maximum atomic E-state index is 11.8. The van der Waals surface area contributed by atoms with Crippen molar-refractivity contribution < 1.29 is 4.79 Å². The zero-order valence-corrected chi connectivity index (χ0v) is 16.7. The first-order valence-corrected chi connectivity index (χ1v) is 10.2. The van der Waals surface area contributed by atoms with Crippen molar-refractivity contribution >= 4 is 11.9 Å². The summed E-state index contributed by atoms with van der Waals surface area (Å²) in [6.45, 7) is 7.82. The number of amides is 1. The lowest BCUT2D eigenvalue weighted by Gasteiger charge is -2.24. The van der Waals surface area contributed by atoms with Gasteiger partial charge in [-0.2, -0.15) is 0 Å². The third-order valence-electron chi connectivity index (χ3n) is 5.63. The quantitative estimate of drug-likeness (QED) is 0.568. The fraction of sp³-hybridized carbons (Fsp3) is 0.619. The van der Waals surface area contributed by atoms with Crippen LogP contribution in [-0.2, 0) is 17.9 Å². The molecular formula is C21H33N5O. The summed E-state index contributed by atoms with van der Waals surface area (Å²) in [5, 5.41) is 6.88. The molecule has 0 aromatic heterocycles. The van der Waals surface area contributed by atoms with E-state index in [0.717, 1.165) is 38.6 Å². The van der Waals surface area contributed by atoms with E-state index < -0.39 is 0 Å². The van der Waals surface area contributed by atoms with Crippen LogP contribution in [-0.4, -0.2) is 60.9 Å². The number of hydrogen-bond acceptors (Lipinski definition) is 3. The Labute approximate surface area is 163 Å². The van der Waals surface area contributed by atoms with Gasteiger partial charge in [0.05, 0.1) is 0 Å². The first-order valence-electron chi connectivity index (χ1n) is 10.2. The number of carbonyl (C=O) groups excluding carboxylic acids is 1. The molecule has 0 radical (unpaired) electrons. The van der Waals surface area contributed by atoms with E-state index in [-0.39, 0.29) is 5.91 Å². The molecule has 6 heteroatoms. The molecule has 0 aliphatic carbocycles. The summed E-state index contributed by atoms with van der Waals surface area (Å²) in [5.41, 5.74) is 2.40. The molecule has 2 fully saturated rings. The van der Waals surface area contributed by atoms with E-state index in [4.69, 9.17) is 0 Å². The molecule has 148 valence electrons. The van der Waals surface area contributed by atoms with Gasteiger partial charge in [-0.1, -0.05) is 31.2 Å². The lowest BCUT2D eigenvalue weighted by molar-refractivity contribution is -0.128. The highest BCUT2D eigenvalue weighted by Crippen LogP contribution is 2.16. The van der Waals surface area contributed by atoms with Gasteiger partial charge in [-0.15, -0.1) is 0 Å². The average Bonchev–Trinajstić information content (AvgIpc) is 3.31. The largest absolute Gasteiger partial charge is 0.355 e. The zero-order chi connectivity index (χ0) is 19.1. The predicted octanol–water partition coefficient (Wildman–Crippen LogP) is 1.96. The Bertz CT molecular complexity index is 660. The van der Waals surface area contributed by atoms with Crippen LogP contribution in [0.25, 0.3) is 0 Å². The number of nitrogens with zero attached hydrogens (tertiary/aromatic N) is 3. The SMILES string of the molecule is CCN1CCCC1CNC(=NC)NCc1cccc(CN2CCCC2=O)c1. The summed E-state index contributed by atoms with van der Waals surface area (Å²) < 4.78 is 0. The van der Waals surface area contributed by atoms with E-state index in [1.54, 1.807) is 0 Å². The van der Waals surface area contributed by atoms with Gasteiger partial charge < -0.3 is 15.5 Å². The van der Waals surface area contributed by atoms with E-state index >= 15 is 0 Å². The standard InChI is InChI=1S/C21H33N5O/c1-3-25-11-5-9-19(25)15-24-21(22-2)23-14-17-7-4-8-18(13-17)16-26-12-6-10-20(26)27/h4,7-8,13,19H,3,5-6,9-12,14-16H2,1-2H3,(H2,22,23,24). The second-order valence-electron chi connectivity index (χ2n) is 7.47. The minimum Gasteiger partial charge on any atom is -0.355 e. The van der Waals surface area contributed by atoms with Crippen LogP contribution in [0.5, 0.6) is 0 Å². The Morgan fingerprint density at radius 3 is 2.81 bits per heavy atom. The van der Waals surface area contributed by atoms with Gasteiger partial charge in [-0.05, 0) is 43.5 Å². The van der Waals surface area contributed by atoms with Gasteiger partial charge in [-0.25, -0.2) is 0 Å². The van der Waals surface area contributed by atoms with Crippen molar-refractivity contribution in [1.82, 2.24) is 20.4 Å². The van der Waals surface area contributed by atoms with Crippen LogP contribution in [0.15, 0.2) is 29.3 Å². The summed E-state index contributed by atoms with van der Waals surface area (Å²) in [5.74, 6) is 1.12. The van der Waals surface area contributed by atoms with Crippen LogP contribution in [0.4, 0.5) is 0 Å². The topological polar surface area (TPSA) is 60.0 Å². The third kappa shape index (κ3) is 5.45. The van der Waals surface area contributed by atoms with Crippen molar-refractivity contribution in [2.75, 3.05) is 33.2 Å². The number of likely N-dealkylation sites (N-methyl/N-ethyl adjacent to an activating group) is 1. The molecule has 1 atom stereocenters. The van der Waals surface area contributed by atoms with Crippen molar-refractivity contribution in [3.63, 3.8) is 0 Å². The molecule has 1 aromatic rings. The van der Waals surface area contributed by atoms with Crippen molar-refractivity contribution in [3.05, 3.63) is 35.4 Å². The maximum absolute atomic E-state index is 11.8. The second-order valence-corrected chi connectivity index (χ2v) is 7.47. The highest BCUT2D eigenvalue weighted by Gasteiger charge is 2.23. The molecule has 2 aliphatic rings. The fourth-order valence-electron chi connectivity index (χ4n) is 4.09. The first kappa shape index (κ1) is 19.7. The molecule has 2 N–H and O–H groups in total. The molecule has 1 unspecified atom stereocenters. The Morgan fingerprint density at radius 1 is 1.22 bits per heavy atom. The number of aliphatic imine (C=N–C) groups is 1. The van der Waals surface area contributed by atoms with Crippen LogP contribution in [0.3, 0.4) is 0 Å². The molecule has 0 bridgehead atoms. The average molecular weight is 372 g/mol. The summed E-state index contributed by atoms with van der Waals surface area (Å²) in [6.07, 6.45) is 4.23. The number of benzene rings is 1. The van der Waals surface area contributed by atoms with Gasteiger partial charge in [0.15, 0.2) is 5.96 Å². The smallest absolute Gasteiger partial charge is 0.222 e. The Balaban J connectivity index is 1.48. The number of carbonyl (C=O) groups is 1. The predicted molar refractivity (Wildman–Crippen MR) is 110 cm³/mol. The molecular weight excluding hydrogens is 338 g/mol. The van der Waals surface area contributed by atoms with Crippen molar-refractivity contribution in [1.29, 1.82) is 0 Å². The van der Waals surface area contributed by atoms with Gasteiger partial charge in [0.25, 0.3) is 0 Å². The number of hydrogen-bond donors (Lipinski definition) is 2. The van der Waals surface area contributed by atoms with Crippen molar-refractivity contribution in [2.24, 2.45) is 4.99 Å². The second kappa shape index (κ2) is 9.74. The third-order valence-corrected chi connectivity index (χ3v) is 5.63. The Morgan fingerprint density at radius 2 is 2.07 bits per heavy atom. The monoisotopic (exact) mass is 371 g/mol. The summed E-state index contributed by atoms with van der Waals surface area (Å²) in [6, 6.07) is 9.07. The van der Waals surface area contributed by atoms with E-state index in [9.17, 15) is 4.79 Å².